The first-order chi connectivity index (χ1) is 15.0. The van der Waals surface area contributed by atoms with Gasteiger partial charge in [0.2, 0.25) is 0 Å². The number of ether oxygens (including phenoxy) is 1. The Balaban J connectivity index is 1.41. The minimum Gasteiger partial charge on any atom is -0.484 e. The molecule has 31 heavy (non-hydrogen) atoms. The van der Waals surface area contributed by atoms with E-state index in [4.69, 9.17) is 9.26 Å². The van der Waals surface area contributed by atoms with Crippen LogP contribution in [0.25, 0.3) is 5.65 Å². The van der Waals surface area contributed by atoms with Gasteiger partial charge in [0, 0.05) is 22.8 Å². The van der Waals surface area contributed by atoms with Crippen LogP contribution in [0, 0.1) is 13.8 Å². The molecule has 4 aromatic rings. The number of carbonyl (C=O) groups excluding carboxylic acids is 1. The number of benzene rings is 2. The normalized spacial score (nSPS) is 10.9. The van der Waals surface area contributed by atoms with E-state index in [1.807, 2.05) is 55.5 Å². The van der Waals surface area contributed by atoms with Gasteiger partial charge < -0.3 is 14.6 Å². The largest absolute Gasteiger partial charge is 0.484 e. The zero-order chi connectivity index (χ0) is 21.8. The number of anilines is 1. The summed E-state index contributed by atoms with van der Waals surface area (Å²) in [5.41, 5.74) is 2.61. The molecule has 0 aliphatic carbocycles. The van der Waals surface area contributed by atoms with Crippen LogP contribution in [0.1, 0.15) is 17.0 Å². The Morgan fingerprint density at radius 1 is 1.13 bits per heavy atom. The lowest BCUT2D eigenvalue weighted by atomic mass is 10.2. The van der Waals surface area contributed by atoms with Gasteiger partial charge in [0.15, 0.2) is 12.3 Å². The third-order valence-electron chi connectivity index (χ3n) is 4.42. The van der Waals surface area contributed by atoms with E-state index in [1.54, 1.807) is 13.0 Å². The maximum Gasteiger partial charge on any atom is 0.287 e. The second-order valence-corrected chi connectivity index (χ2v) is 8.04. The minimum absolute atomic E-state index is 0.0860. The quantitative estimate of drug-likeness (QED) is 0.438. The van der Waals surface area contributed by atoms with Crippen LogP contribution in [-0.2, 0) is 10.5 Å². The van der Waals surface area contributed by atoms with E-state index in [1.165, 1.54) is 22.4 Å². The molecule has 158 valence electrons. The van der Waals surface area contributed by atoms with Crippen LogP contribution in [0.2, 0.25) is 0 Å². The Labute approximate surface area is 183 Å². The van der Waals surface area contributed by atoms with Gasteiger partial charge >= 0.3 is 0 Å². The summed E-state index contributed by atoms with van der Waals surface area (Å²) in [6.07, 6.45) is 0. The molecule has 4 rings (SSSR count). The fraction of sp³-hybridized carbons (Fsp3) is 0.174. The zero-order valence-electron chi connectivity index (χ0n) is 17.1. The summed E-state index contributed by atoms with van der Waals surface area (Å²) in [7, 11) is 0. The van der Waals surface area contributed by atoms with E-state index in [-0.39, 0.29) is 18.1 Å². The Kier molecular flexibility index (Phi) is 6.08. The predicted octanol–water partition coefficient (Wildman–Crippen LogP) is 4.21. The monoisotopic (exact) mass is 435 g/mol. The molecule has 0 saturated heterocycles. The molecule has 0 fully saturated rings. The highest BCUT2D eigenvalue weighted by atomic mass is 32.2. The zero-order valence-corrected chi connectivity index (χ0v) is 17.9. The van der Waals surface area contributed by atoms with Crippen LogP contribution >= 0.6 is 11.8 Å². The summed E-state index contributed by atoms with van der Waals surface area (Å²) in [6.45, 7) is 3.65. The second kappa shape index (κ2) is 9.09. The highest BCUT2D eigenvalue weighted by Crippen LogP contribution is 2.29. The van der Waals surface area contributed by atoms with Gasteiger partial charge in [0.25, 0.3) is 11.5 Å². The van der Waals surface area contributed by atoms with Crippen molar-refractivity contribution in [3.63, 3.8) is 0 Å². The number of fused-ring (bicyclic) bond motifs is 1. The summed E-state index contributed by atoms with van der Waals surface area (Å²) in [5.74, 6) is 1.50. The molecule has 0 bridgehead atoms. The Hall–Kier alpha value is -3.52. The van der Waals surface area contributed by atoms with E-state index in [2.05, 4.69) is 10.3 Å². The molecule has 0 atom stereocenters. The van der Waals surface area contributed by atoms with Crippen LogP contribution in [0.5, 0.6) is 5.75 Å². The molecule has 2 aromatic carbocycles. The van der Waals surface area contributed by atoms with Crippen molar-refractivity contribution in [3.05, 3.63) is 88.0 Å². The average Bonchev–Trinajstić information content (AvgIpc) is 3.12. The van der Waals surface area contributed by atoms with Crippen LogP contribution in [0.15, 0.2) is 74.9 Å². The van der Waals surface area contributed by atoms with Crippen LogP contribution in [0.3, 0.4) is 0 Å². The van der Waals surface area contributed by atoms with Crippen molar-refractivity contribution in [2.75, 3.05) is 11.9 Å². The molecule has 2 heterocycles. The molecule has 0 aliphatic heterocycles. The first kappa shape index (κ1) is 20.7. The van der Waals surface area contributed by atoms with Crippen molar-refractivity contribution in [3.8, 4) is 5.75 Å². The molecule has 1 amide bonds. The van der Waals surface area contributed by atoms with Gasteiger partial charge in [-0.2, -0.15) is 0 Å². The van der Waals surface area contributed by atoms with Gasteiger partial charge in [0.1, 0.15) is 11.5 Å². The lowest BCUT2D eigenvalue weighted by Gasteiger charge is -2.11. The van der Waals surface area contributed by atoms with Crippen molar-refractivity contribution in [1.82, 2.24) is 9.56 Å². The molecule has 7 nitrogen and oxygen atoms in total. The molecular weight excluding hydrogens is 414 g/mol. The third kappa shape index (κ3) is 5.16. The van der Waals surface area contributed by atoms with Crippen LogP contribution in [0.4, 0.5) is 5.69 Å². The number of amides is 1. The molecule has 2 aromatic heterocycles. The van der Waals surface area contributed by atoms with E-state index in [0.29, 0.717) is 34.3 Å². The number of hydrogen-bond acceptors (Lipinski definition) is 6. The average molecular weight is 436 g/mol. The fourth-order valence-electron chi connectivity index (χ4n) is 3.04. The number of hydrogen-bond donors (Lipinski definition) is 1. The molecular formula is C23H21N3O4S. The van der Waals surface area contributed by atoms with Crippen molar-refractivity contribution in [2.45, 2.75) is 24.5 Å². The molecule has 0 radical (unpaired) electrons. The Morgan fingerprint density at radius 2 is 1.97 bits per heavy atom. The maximum atomic E-state index is 12.4. The van der Waals surface area contributed by atoms with Crippen molar-refractivity contribution in [1.29, 1.82) is 0 Å². The van der Waals surface area contributed by atoms with Gasteiger partial charge in [-0.25, -0.2) is 4.98 Å². The van der Waals surface area contributed by atoms with E-state index in [0.717, 1.165) is 10.5 Å². The van der Waals surface area contributed by atoms with E-state index < -0.39 is 0 Å². The Bertz CT molecular complexity index is 1300. The van der Waals surface area contributed by atoms with E-state index in [9.17, 15) is 9.59 Å². The molecule has 8 heteroatoms. The van der Waals surface area contributed by atoms with Gasteiger partial charge in [-0.05, 0) is 43.7 Å². The highest BCUT2D eigenvalue weighted by molar-refractivity contribution is 7.98. The van der Waals surface area contributed by atoms with Crippen molar-refractivity contribution >= 4 is 29.0 Å². The number of nitrogens with zero attached hydrogens (tertiary/aromatic N) is 2. The summed E-state index contributed by atoms with van der Waals surface area (Å²) in [5, 5.41) is 2.89. The maximum absolute atomic E-state index is 12.4. The summed E-state index contributed by atoms with van der Waals surface area (Å²) in [4.78, 5) is 29.9. The smallest absolute Gasteiger partial charge is 0.287 e. The predicted molar refractivity (Wildman–Crippen MR) is 120 cm³/mol. The van der Waals surface area contributed by atoms with Crippen LogP contribution < -0.4 is 15.6 Å². The summed E-state index contributed by atoms with van der Waals surface area (Å²) >= 11 is 1.49. The van der Waals surface area contributed by atoms with E-state index >= 15 is 0 Å². The van der Waals surface area contributed by atoms with Gasteiger partial charge in [-0.15, -0.1) is 16.3 Å². The summed E-state index contributed by atoms with van der Waals surface area (Å²) < 4.78 is 12.1. The number of rotatable bonds is 7. The topological polar surface area (TPSA) is 85.8 Å². The first-order valence-corrected chi connectivity index (χ1v) is 10.7. The number of thioether (sulfide) groups is 1. The fourth-order valence-corrected chi connectivity index (χ4v) is 3.94. The number of nitrogens with one attached hydrogen (secondary N) is 1. The number of aromatic nitrogens is 2. The number of para-hydroxylation sites is 1. The molecule has 0 spiro atoms. The minimum atomic E-state index is -0.261. The molecule has 0 aliphatic rings. The lowest BCUT2D eigenvalue weighted by Crippen LogP contribution is -2.20. The molecule has 1 N–H and O–H groups in total. The Morgan fingerprint density at radius 3 is 2.81 bits per heavy atom. The standard InChI is InChI=1S/C23H21N3O4S/c1-15-6-5-7-18(10-15)29-13-22(27)25-19-8-3-4-9-20(19)31-14-17-12-23(28)26-21(24-17)11-16(2)30-26/h3-12H,13-14H2,1-2H3,(H,25,27). The number of aryl methyl sites for hydroxylation is 2. The summed E-state index contributed by atoms with van der Waals surface area (Å²) in [6, 6.07) is 18.2. The molecule has 0 saturated carbocycles. The number of carbonyl (C=O) groups is 1. The lowest BCUT2D eigenvalue weighted by molar-refractivity contribution is -0.118. The first-order valence-electron chi connectivity index (χ1n) is 9.69. The van der Waals surface area contributed by atoms with Crippen molar-refractivity contribution < 1.29 is 14.1 Å². The van der Waals surface area contributed by atoms with Crippen LogP contribution in [-0.4, -0.2) is 22.1 Å². The highest BCUT2D eigenvalue weighted by Gasteiger charge is 2.11. The molecule has 0 unspecified atom stereocenters. The van der Waals surface area contributed by atoms with Gasteiger partial charge in [0.05, 0.1) is 11.4 Å². The second-order valence-electron chi connectivity index (χ2n) is 7.02. The van der Waals surface area contributed by atoms with Gasteiger partial charge in [-0.3, -0.25) is 9.59 Å². The SMILES string of the molecule is Cc1cccc(OCC(=O)Nc2ccccc2SCc2cc(=O)n3oc(C)cc3n2)c1. The third-order valence-corrected chi connectivity index (χ3v) is 5.53. The van der Waals surface area contributed by atoms with Crippen molar-refractivity contribution in [2.24, 2.45) is 0 Å². The van der Waals surface area contributed by atoms with Gasteiger partial charge in [-0.1, -0.05) is 24.3 Å².